The molecule has 0 unspecified atom stereocenters. The van der Waals surface area contributed by atoms with Crippen LogP contribution in [-0.2, 0) is 0 Å². The Morgan fingerprint density at radius 3 is 2.44 bits per heavy atom. The fourth-order valence-corrected chi connectivity index (χ4v) is 2.02. The zero-order valence-electron chi connectivity index (χ0n) is 12.6. The highest BCUT2D eigenvalue weighted by molar-refractivity contribution is 6.03. The molecule has 0 radical (unpaired) electrons. The van der Waals surface area contributed by atoms with Crippen molar-refractivity contribution in [3.8, 4) is 0 Å². The third-order valence-electron chi connectivity index (χ3n) is 3.21. The lowest BCUT2D eigenvalue weighted by atomic mass is 10.2. The van der Waals surface area contributed by atoms with Crippen molar-refractivity contribution in [2.45, 2.75) is 0 Å². The number of benzene rings is 2. The number of para-hydroxylation sites is 1. The van der Waals surface area contributed by atoms with Gasteiger partial charge in [-0.25, -0.2) is 23.1 Å². The topological polar surface area (TPSA) is 66.9 Å². The number of aromatic nitrogens is 2. The van der Waals surface area contributed by atoms with Crippen molar-refractivity contribution < 1.29 is 18.0 Å². The molecule has 0 fully saturated rings. The van der Waals surface area contributed by atoms with Gasteiger partial charge in [0.15, 0.2) is 11.6 Å². The van der Waals surface area contributed by atoms with E-state index in [9.17, 15) is 18.0 Å². The SMILES string of the molecule is O=C(Nc1ccc(F)c(F)c1)c1cc(Nc2ccccc2F)ncn1. The molecule has 5 nitrogen and oxygen atoms in total. The van der Waals surface area contributed by atoms with E-state index < -0.39 is 23.4 Å². The van der Waals surface area contributed by atoms with Crippen molar-refractivity contribution in [1.29, 1.82) is 0 Å². The van der Waals surface area contributed by atoms with Gasteiger partial charge in [0.2, 0.25) is 0 Å². The summed E-state index contributed by atoms with van der Waals surface area (Å²) < 4.78 is 39.7. The largest absolute Gasteiger partial charge is 0.338 e. The van der Waals surface area contributed by atoms with Gasteiger partial charge in [-0.1, -0.05) is 12.1 Å². The van der Waals surface area contributed by atoms with Crippen LogP contribution in [0.3, 0.4) is 0 Å². The minimum absolute atomic E-state index is 0.0291. The Morgan fingerprint density at radius 1 is 0.880 bits per heavy atom. The molecule has 0 saturated carbocycles. The Kier molecular flexibility index (Phi) is 4.60. The molecule has 1 aromatic heterocycles. The smallest absolute Gasteiger partial charge is 0.274 e. The van der Waals surface area contributed by atoms with Crippen LogP contribution < -0.4 is 10.6 Å². The monoisotopic (exact) mass is 344 g/mol. The van der Waals surface area contributed by atoms with E-state index in [1.165, 1.54) is 24.3 Å². The molecule has 0 aliphatic rings. The second kappa shape index (κ2) is 7.00. The first-order chi connectivity index (χ1) is 12.0. The van der Waals surface area contributed by atoms with Crippen LogP contribution in [0.4, 0.5) is 30.4 Å². The molecule has 3 aromatic rings. The highest BCUT2D eigenvalue weighted by Gasteiger charge is 2.11. The first-order valence-corrected chi connectivity index (χ1v) is 7.13. The van der Waals surface area contributed by atoms with E-state index >= 15 is 0 Å². The predicted octanol–water partition coefficient (Wildman–Crippen LogP) is 3.89. The maximum absolute atomic E-state index is 13.6. The number of amides is 1. The fourth-order valence-electron chi connectivity index (χ4n) is 2.02. The van der Waals surface area contributed by atoms with Gasteiger partial charge in [-0.2, -0.15) is 0 Å². The summed E-state index contributed by atoms with van der Waals surface area (Å²) >= 11 is 0. The van der Waals surface area contributed by atoms with Gasteiger partial charge in [-0.15, -0.1) is 0 Å². The lowest BCUT2D eigenvalue weighted by Crippen LogP contribution is -2.14. The summed E-state index contributed by atoms with van der Waals surface area (Å²) in [4.78, 5) is 19.9. The van der Waals surface area contributed by atoms with Crippen molar-refractivity contribution in [1.82, 2.24) is 9.97 Å². The van der Waals surface area contributed by atoms with Gasteiger partial charge in [-0.05, 0) is 24.3 Å². The highest BCUT2D eigenvalue weighted by Crippen LogP contribution is 2.19. The van der Waals surface area contributed by atoms with Crippen LogP contribution in [-0.4, -0.2) is 15.9 Å². The van der Waals surface area contributed by atoms with E-state index in [0.717, 1.165) is 18.5 Å². The number of anilines is 3. The summed E-state index contributed by atoms with van der Waals surface area (Å²) in [6, 6.07) is 10.3. The second-order valence-electron chi connectivity index (χ2n) is 4.98. The standard InChI is InChI=1S/C17H11F3N4O/c18-11-6-5-10(7-13(11)20)23-17(25)15-8-16(22-9-21-15)24-14-4-2-1-3-12(14)19/h1-9H,(H,23,25)(H,21,22,24). The summed E-state index contributed by atoms with van der Waals surface area (Å²) in [6.07, 6.45) is 1.13. The Morgan fingerprint density at radius 2 is 1.68 bits per heavy atom. The van der Waals surface area contributed by atoms with Gasteiger partial charge in [0, 0.05) is 17.8 Å². The molecule has 8 heteroatoms. The summed E-state index contributed by atoms with van der Waals surface area (Å²) in [5, 5.41) is 5.12. The number of hydrogen-bond acceptors (Lipinski definition) is 4. The van der Waals surface area contributed by atoms with E-state index in [4.69, 9.17) is 0 Å². The maximum atomic E-state index is 13.6. The lowest BCUT2D eigenvalue weighted by molar-refractivity contribution is 0.102. The molecule has 2 aromatic carbocycles. The van der Waals surface area contributed by atoms with Crippen molar-refractivity contribution in [2.24, 2.45) is 0 Å². The molecule has 0 saturated heterocycles. The molecule has 1 heterocycles. The third-order valence-corrected chi connectivity index (χ3v) is 3.21. The average molecular weight is 344 g/mol. The summed E-state index contributed by atoms with van der Waals surface area (Å²) in [7, 11) is 0. The van der Waals surface area contributed by atoms with E-state index in [1.807, 2.05) is 0 Å². The molecule has 126 valence electrons. The predicted molar refractivity (Wildman–Crippen MR) is 86.0 cm³/mol. The Bertz CT molecular complexity index is 933. The number of halogens is 3. The van der Waals surface area contributed by atoms with Gasteiger partial charge in [-0.3, -0.25) is 4.79 Å². The average Bonchev–Trinajstić information content (AvgIpc) is 2.60. The maximum Gasteiger partial charge on any atom is 0.274 e. The Hall–Kier alpha value is -3.42. The molecule has 0 bridgehead atoms. The van der Waals surface area contributed by atoms with E-state index in [-0.39, 0.29) is 22.9 Å². The molecule has 3 rings (SSSR count). The van der Waals surface area contributed by atoms with Crippen LogP contribution in [0.5, 0.6) is 0 Å². The quantitative estimate of drug-likeness (QED) is 0.753. The molecule has 0 aliphatic carbocycles. The number of hydrogen-bond donors (Lipinski definition) is 2. The van der Waals surface area contributed by atoms with E-state index in [2.05, 4.69) is 20.6 Å². The first kappa shape index (κ1) is 16.4. The van der Waals surface area contributed by atoms with Gasteiger partial charge in [0.25, 0.3) is 5.91 Å². The number of nitrogens with zero attached hydrogens (tertiary/aromatic N) is 2. The van der Waals surface area contributed by atoms with Crippen LogP contribution >= 0.6 is 0 Å². The molecule has 1 amide bonds. The molecule has 0 atom stereocenters. The van der Waals surface area contributed by atoms with Gasteiger partial charge in [0.05, 0.1) is 5.69 Å². The van der Waals surface area contributed by atoms with Crippen molar-refractivity contribution in [3.63, 3.8) is 0 Å². The van der Waals surface area contributed by atoms with Gasteiger partial charge < -0.3 is 10.6 Å². The van der Waals surface area contributed by atoms with Crippen LogP contribution in [0.2, 0.25) is 0 Å². The van der Waals surface area contributed by atoms with E-state index in [0.29, 0.717) is 0 Å². The minimum Gasteiger partial charge on any atom is -0.338 e. The van der Waals surface area contributed by atoms with Crippen molar-refractivity contribution in [2.75, 3.05) is 10.6 Å². The summed E-state index contributed by atoms with van der Waals surface area (Å²) in [6.45, 7) is 0. The Labute approximate surface area is 140 Å². The zero-order valence-corrected chi connectivity index (χ0v) is 12.6. The normalized spacial score (nSPS) is 10.4. The van der Waals surface area contributed by atoms with Crippen LogP contribution in [0, 0.1) is 17.5 Å². The first-order valence-electron chi connectivity index (χ1n) is 7.13. The van der Waals surface area contributed by atoms with Crippen molar-refractivity contribution in [3.05, 3.63) is 78.0 Å². The number of nitrogens with one attached hydrogen (secondary N) is 2. The Balaban J connectivity index is 1.77. The lowest BCUT2D eigenvalue weighted by Gasteiger charge is -2.08. The van der Waals surface area contributed by atoms with Crippen molar-refractivity contribution >= 4 is 23.1 Å². The highest BCUT2D eigenvalue weighted by atomic mass is 19.2. The molecule has 25 heavy (non-hydrogen) atoms. The number of carbonyl (C=O) groups is 1. The van der Waals surface area contributed by atoms with Crippen LogP contribution in [0.1, 0.15) is 10.5 Å². The van der Waals surface area contributed by atoms with E-state index in [1.54, 1.807) is 12.1 Å². The second-order valence-corrected chi connectivity index (χ2v) is 4.98. The van der Waals surface area contributed by atoms with Crippen LogP contribution in [0.25, 0.3) is 0 Å². The number of rotatable bonds is 4. The fraction of sp³-hybridized carbons (Fsp3) is 0. The molecular weight excluding hydrogens is 333 g/mol. The summed E-state index contributed by atoms with van der Waals surface area (Å²) in [5.41, 5.74) is 0.234. The molecule has 0 aliphatic heterocycles. The molecule has 2 N–H and O–H groups in total. The summed E-state index contributed by atoms with van der Waals surface area (Å²) in [5.74, 6) is -3.02. The molecular formula is C17H11F3N4O. The third kappa shape index (κ3) is 3.92. The zero-order chi connectivity index (χ0) is 17.8. The van der Waals surface area contributed by atoms with Gasteiger partial charge in [0.1, 0.15) is 23.7 Å². The van der Waals surface area contributed by atoms with Crippen LogP contribution in [0.15, 0.2) is 54.9 Å². The van der Waals surface area contributed by atoms with Gasteiger partial charge >= 0.3 is 0 Å². The number of carbonyl (C=O) groups excluding carboxylic acids is 1. The minimum atomic E-state index is -1.08. The molecule has 0 spiro atoms.